The Balaban J connectivity index is 2.16. The molecule has 8 heteroatoms. The number of hydrogen-bond donors (Lipinski definition) is 0. The molecule has 2 aromatic rings. The van der Waals surface area contributed by atoms with E-state index in [-0.39, 0.29) is 16.5 Å². The van der Waals surface area contributed by atoms with Gasteiger partial charge in [-0.25, -0.2) is 13.4 Å². The minimum absolute atomic E-state index is 0.0629. The minimum atomic E-state index is -3.79. The van der Waals surface area contributed by atoms with Gasteiger partial charge in [-0.15, -0.1) is 0 Å². The van der Waals surface area contributed by atoms with Crippen molar-refractivity contribution in [1.29, 1.82) is 0 Å². The number of benzene rings is 1. The zero-order valence-electron chi connectivity index (χ0n) is 9.88. The van der Waals surface area contributed by atoms with Crippen LogP contribution >= 0.6 is 22.3 Å². The van der Waals surface area contributed by atoms with E-state index in [1.54, 1.807) is 12.5 Å². The molecule has 1 aromatic carbocycles. The number of halogens is 2. The first-order valence-electron chi connectivity index (χ1n) is 5.20. The molecule has 0 aliphatic carbocycles. The molecule has 0 atom stereocenters. The third-order valence-electron chi connectivity index (χ3n) is 2.48. The molecule has 19 heavy (non-hydrogen) atoms. The molecule has 5 nitrogen and oxygen atoms in total. The number of hydrogen-bond acceptors (Lipinski definition) is 4. The molecule has 0 radical (unpaired) electrons. The molecule has 1 aromatic heterocycles. The first-order valence-corrected chi connectivity index (χ1v) is 7.89. The molecule has 1 heterocycles. The zero-order valence-corrected chi connectivity index (χ0v) is 12.2. The smallest absolute Gasteiger partial charge is 0.261 e. The van der Waals surface area contributed by atoms with E-state index in [0.29, 0.717) is 5.75 Å². The Morgan fingerprint density at radius 3 is 2.68 bits per heavy atom. The van der Waals surface area contributed by atoms with Gasteiger partial charge in [0.2, 0.25) is 0 Å². The van der Waals surface area contributed by atoms with Crippen molar-refractivity contribution in [3.8, 4) is 5.75 Å². The van der Waals surface area contributed by atoms with Crippen molar-refractivity contribution < 1.29 is 13.2 Å². The van der Waals surface area contributed by atoms with Crippen LogP contribution in [0.5, 0.6) is 5.75 Å². The quantitative estimate of drug-likeness (QED) is 0.812. The normalized spacial score (nSPS) is 11.5. The Hall–Kier alpha value is -1.24. The van der Waals surface area contributed by atoms with Crippen molar-refractivity contribution in [2.45, 2.75) is 11.5 Å². The summed E-state index contributed by atoms with van der Waals surface area (Å²) in [6.07, 6.45) is 3.33. The monoisotopic (exact) mass is 320 g/mol. The molecule has 0 saturated heterocycles. The van der Waals surface area contributed by atoms with E-state index in [1.807, 2.05) is 11.6 Å². The Bertz CT molecular complexity index is 698. The topological polar surface area (TPSA) is 61.2 Å². The highest BCUT2D eigenvalue weighted by Crippen LogP contribution is 2.29. The number of aryl methyl sites for hydroxylation is 1. The Morgan fingerprint density at radius 1 is 1.42 bits per heavy atom. The predicted molar refractivity (Wildman–Crippen MR) is 72.0 cm³/mol. The molecule has 2 rings (SSSR count). The molecule has 0 amide bonds. The molecule has 0 bridgehead atoms. The molecule has 102 valence electrons. The van der Waals surface area contributed by atoms with Gasteiger partial charge in [0.15, 0.2) is 0 Å². The minimum Gasteiger partial charge on any atom is -0.486 e. The van der Waals surface area contributed by atoms with Crippen LogP contribution in [-0.2, 0) is 22.7 Å². The number of rotatable bonds is 4. The van der Waals surface area contributed by atoms with Crippen LogP contribution < -0.4 is 4.74 Å². The summed E-state index contributed by atoms with van der Waals surface area (Å²) in [6.45, 7) is 0.281. The van der Waals surface area contributed by atoms with Crippen LogP contribution in [0.1, 0.15) is 5.69 Å². The van der Waals surface area contributed by atoms with E-state index in [0.717, 1.165) is 5.69 Å². The average molecular weight is 321 g/mol. The van der Waals surface area contributed by atoms with Crippen molar-refractivity contribution in [2.24, 2.45) is 7.05 Å². The van der Waals surface area contributed by atoms with Crippen molar-refractivity contribution in [1.82, 2.24) is 9.55 Å². The summed E-state index contributed by atoms with van der Waals surface area (Å²) in [6, 6.07) is 4.06. The second-order valence-electron chi connectivity index (χ2n) is 3.81. The summed E-state index contributed by atoms with van der Waals surface area (Å²) in [7, 11) is 3.28. The first-order chi connectivity index (χ1) is 8.88. The van der Waals surface area contributed by atoms with E-state index >= 15 is 0 Å². The summed E-state index contributed by atoms with van der Waals surface area (Å²) >= 11 is 5.94. The van der Waals surface area contributed by atoms with Gasteiger partial charge in [0, 0.05) is 17.7 Å². The predicted octanol–water partition coefficient (Wildman–Crippen LogP) is 2.58. The second-order valence-corrected chi connectivity index (χ2v) is 6.79. The summed E-state index contributed by atoms with van der Waals surface area (Å²) in [4.78, 5) is 3.89. The molecular formula is C11H10Cl2N2O3S. The highest BCUT2D eigenvalue weighted by Gasteiger charge is 2.13. The van der Waals surface area contributed by atoms with Crippen molar-refractivity contribution in [3.05, 3.63) is 41.4 Å². The largest absolute Gasteiger partial charge is 0.486 e. The summed E-state index contributed by atoms with van der Waals surface area (Å²) in [5.74, 6) is 0.381. The lowest BCUT2D eigenvalue weighted by atomic mass is 10.3. The molecule has 0 spiro atoms. The highest BCUT2D eigenvalue weighted by molar-refractivity contribution is 8.13. The molecule has 0 N–H and O–H groups in total. The van der Waals surface area contributed by atoms with E-state index in [9.17, 15) is 8.42 Å². The van der Waals surface area contributed by atoms with Crippen LogP contribution in [0.15, 0.2) is 35.6 Å². The summed E-state index contributed by atoms with van der Waals surface area (Å²) in [5, 5.41) is 0.184. The van der Waals surface area contributed by atoms with Crippen LogP contribution in [0.25, 0.3) is 0 Å². The van der Waals surface area contributed by atoms with E-state index < -0.39 is 9.05 Å². The molecule has 0 aliphatic heterocycles. The molecule has 0 unspecified atom stereocenters. The van der Waals surface area contributed by atoms with Crippen molar-refractivity contribution in [2.75, 3.05) is 0 Å². The Morgan fingerprint density at radius 2 is 2.16 bits per heavy atom. The third-order valence-corrected chi connectivity index (χ3v) is 4.12. The van der Waals surface area contributed by atoms with Gasteiger partial charge in [0.1, 0.15) is 12.4 Å². The fourth-order valence-corrected chi connectivity index (χ4v) is 2.50. The fourth-order valence-electron chi connectivity index (χ4n) is 1.43. The van der Waals surface area contributed by atoms with E-state index in [2.05, 4.69) is 4.98 Å². The number of ether oxygens (including phenoxy) is 1. The highest BCUT2D eigenvalue weighted by atomic mass is 35.7. The van der Waals surface area contributed by atoms with Crippen LogP contribution in [0.4, 0.5) is 0 Å². The third kappa shape index (κ3) is 3.40. The number of aromatic nitrogens is 2. The lowest BCUT2D eigenvalue weighted by Crippen LogP contribution is -2.01. The van der Waals surface area contributed by atoms with Gasteiger partial charge in [-0.05, 0) is 18.2 Å². The zero-order chi connectivity index (χ0) is 14.0. The van der Waals surface area contributed by atoms with E-state index in [4.69, 9.17) is 27.0 Å². The summed E-state index contributed by atoms with van der Waals surface area (Å²) in [5.41, 5.74) is 0.866. The van der Waals surface area contributed by atoms with Crippen molar-refractivity contribution in [3.63, 3.8) is 0 Å². The van der Waals surface area contributed by atoms with Gasteiger partial charge < -0.3 is 9.30 Å². The molecule has 0 fully saturated rings. The molecular weight excluding hydrogens is 311 g/mol. The Labute approximate surface area is 120 Å². The molecule has 0 saturated carbocycles. The maximum Gasteiger partial charge on any atom is 0.261 e. The standard InChI is InChI=1S/C11H10Cl2N2O3S/c1-15-7-14-5-8(15)6-18-11-3-2-9(4-10(11)12)19(13,16)17/h2-5,7H,6H2,1H3. The van der Waals surface area contributed by atoms with Gasteiger partial charge >= 0.3 is 0 Å². The van der Waals surface area contributed by atoms with Gasteiger partial charge in [0.25, 0.3) is 9.05 Å². The number of nitrogens with zero attached hydrogens (tertiary/aromatic N) is 2. The van der Waals surface area contributed by atoms with Gasteiger partial charge in [-0.2, -0.15) is 0 Å². The maximum atomic E-state index is 11.1. The second kappa shape index (κ2) is 5.40. The number of imidazole rings is 1. The SMILES string of the molecule is Cn1cncc1COc1ccc(S(=O)(=O)Cl)cc1Cl. The van der Waals surface area contributed by atoms with Crippen LogP contribution in [-0.4, -0.2) is 18.0 Å². The van der Waals surface area contributed by atoms with Gasteiger partial charge in [0.05, 0.1) is 28.1 Å². The van der Waals surface area contributed by atoms with Crippen LogP contribution in [0.2, 0.25) is 5.02 Å². The van der Waals surface area contributed by atoms with Crippen molar-refractivity contribution >= 4 is 31.3 Å². The van der Waals surface area contributed by atoms with Crippen LogP contribution in [0, 0.1) is 0 Å². The average Bonchev–Trinajstić information content (AvgIpc) is 2.72. The maximum absolute atomic E-state index is 11.1. The Kier molecular flexibility index (Phi) is 4.03. The first kappa shape index (κ1) is 14.2. The van der Waals surface area contributed by atoms with E-state index in [1.165, 1.54) is 18.2 Å². The summed E-state index contributed by atoms with van der Waals surface area (Å²) < 4.78 is 29.6. The lowest BCUT2D eigenvalue weighted by Gasteiger charge is -2.09. The lowest BCUT2D eigenvalue weighted by molar-refractivity contribution is 0.297. The molecule has 0 aliphatic rings. The fraction of sp³-hybridized carbons (Fsp3) is 0.182. The van der Waals surface area contributed by atoms with Gasteiger partial charge in [-0.1, -0.05) is 11.6 Å². The van der Waals surface area contributed by atoms with Gasteiger partial charge in [-0.3, -0.25) is 0 Å². The van der Waals surface area contributed by atoms with Crippen LogP contribution in [0.3, 0.4) is 0 Å².